The van der Waals surface area contributed by atoms with E-state index in [-0.39, 0.29) is 11.6 Å². The molecule has 4 heteroatoms. The van der Waals surface area contributed by atoms with Crippen LogP contribution in [0.1, 0.15) is 44.1 Å². The van der Waals surface area contributed by atoms with Gasteiger partial charge in [-0.15, -0.1) is 0 Å². The number of carbonyl (C=O) groups excluding carboxylic acids is 1. The zero-order chi connectivity index (χ0) is 15.1. The van der Waals surface area contributed by atoms with E-state index in [1.807, 2.05) is 42.3 Å². The lowest BCUT2D eigenvalue weighted by molar-refractivity contribution is 0.124. The van der Waals surface area contributed by atoms with Gasteiger partial charge >= 0.3 is 6.03 Å². The number of rotatable bonds is 4. The van der Waals surface area contributed by atoms with Crippen molar-refractivity contribution >= 4 is 6.03 Å². The molecule has 1 aromatic rings. The van der Waals surface area contributed by atoms with Crippen molar-refractivity contribution in [3.8, 4) is 0 Å². The Morgan fingerprint density at radius 2 is 1.81 bits per heavy atom. The van der Waals surface area contributed by atoms with E-state index in [0.29, 0.717) is 13.1 Å². The Labute approximate surface area is 127 Å². The normalized spacial score (nSPS) is 17.8. The second kappa shape index (κ2) is 7.46. The Balaban J connectivity index is 1.96. The van der Waals surface area contributed by atoms with Crippen LogP contribution < -0.4 is 11.1 Å². The Morgan fingerprint density at radius 3 is 2.38 bits per heavy atom. The number of nitrogens with zero attached hydrogens (tertiary/aromatic N) is 1. The number of hydrogen-bond donors (Lipinski definition) is 2. The fourth-order valence-electron chi connectivity index (χ4n) is 3.17. The third-order valence-corrected chi connectivity index (χ3v) is 4.72. The van der Waals surface area contributed by atoms with Crippen LogP contribution in [0.5, 0.6) is 0 Å². The molecule has 2 amide bonds. The minimum Gasteiger partial charge on any atom is -0.334 e. The molecule has 0 unspecified atom stereocenters. The second-order valence-electron chi connectivity index (χ2n) is 6.05. The van der Waals surface area contributed by atoms with E-state index in [1.165, 1.54) is 12.8 Å². The molecule has 0 radical (unpaired) electrons. The van der Waals surface area contributed by atoms with Crippen molar-refractivity contribution in [3.63, 3.8) is 0 Å². The Hall–Kier alpha value is -1.55. The van der Waals surface area contributed by atoms with Gasteiger partial charge in [-0.1, -0.05) is 56.0 Å². The monoisotopic (exact) mass is 289 g/mol. The molecule has 0 spiro atoms. The van der Waals surface area contributed by atoms with Gasteiger partial charge in [-0.2, -0.15) is 0 Å². The van der Waals surface area contributed by atoms with Crippen molar-refractivity contribution in [2.24, 2.45) is 5.73 Å². The summed E-state index contributed by atoms with van der Waals surface area (Å²) in [7, 11) is 1.89. The molecule has 1 aromatic carbocycles. The maximum atomic E-state index is 12.5. The number of amides is 2. The summed E-state index contributed by atoms with van der Waals surface area (Å²) >= 11 is 0. The first kappa shape index (κ1) is 15.8. The topological polar surface area (TPSA) is 58.4 Å². The van der Waals surface area contributed by atoms with Crippen LogP contribution >= 0.6 is 0 Å². The maximum absolute atomic E-state index is 12.5. The number of nitrogens with one attached hydrogen (secondary N) is 1. The Bertz CT molecular complexity index is 439. The predicted molar refractivity (Wildman–Crippen MR) is 85.9 cm³/mol. The Morgan fingerprint density at radius 1 is 1.19 bits per heavy atom. The average molecular weight is 289 g/mol. The number of urea groups is 1. The number of likely N-dealkylation sites (N-methyl/N-ethyl adjacent to an activating group) is 1. The van der Waals surface area contributed by atoms with Gasteiger partial charge in [-0.3, -0.25) is 0 Å². The highest BCUT2D eigenvalue weighted by Crippen LogP contribution is 2.31. The van der Waals surface area contributed by atoms with Gasteiger partial charge in [0.1, 0.15) is 0 Å². The molecule has 0 heterocycles. The van der Waals surface area contributed by atoms with Gasteiger partial charge < -0.3 is 16.0 Å². The summed E-state index contributed by atoms with van der Waals surface area (Å²) in [6.45, 7) is 1.10. The van der Waals surface area contributed by atoms with Gasteiger partial charge in [0.2, 0.25) is 0 Å². The third kappa shape index (κ3) is 3.97. The lowest BCUT2D eigenvalue weighted by Crippen LogP contribution is -2.56. The number of nitrogens with two attached hydrogens (primary N) is 1. The summed E-state index contributed by atoms with van der Waals surface area (Å²) in [4.78, 5) is 14.3. The van der Waals surface area contributed by atoms with Gasteiger partial charge in [-0.25, -0.2) is 4.79 Å². The summed E-state index contributed by atoms with van der Waals surface area (Å²) in [6, 6.07) is 9.96. The second-order valence-corrected chi connectivity index (χ2v) is 6.05. The molecule has 0 saturated heterocycles. The average Bonchev–Trinajstić information content (AvgIpc) is 2.79. The molecule has 1 fully saturated rings. The van der Waals surface area contributed by atoms with Crippen LogP contribution in [0, 0.1) is 0 Å². The standard InChI is InChI=1S/C17H27N3O/c1-20(17(14-18)11-7-2-3-8-12-17)16(21)19-13-15-9-5-4-6-10-15/h4-6,9-10H,2-3,7-8,11-14,18H2,1H3,(H,19,21). The molecular weight excluding hydrogens is 262 g/mol. The van der Waals surface area contributed by atoms with Crippen molar-refractivity contribution in [2.75, 3.05) is 13.6 Å². The van der Waals surface area contributed by atoms with Crippen LogP contribution in [0.15, 0.2) is 30.3 Å². The summed E-state index contributed by atoms with van der Waals surface area (Å²) < 4.78 is 0. The van der Waals surface area contributed by atoms with Crippen molar-refractivity contribution < 1.29 is 4.79 Å². The van der Waals surface area contributed by atoms with Gasteiger partial charge in [-0.05, 0) is 18.4 Å². The fourth-order valence-corrected chi connectivity index (χ4v) is 3.17. The van der Waals surface area contributed by atoms with E-state index in [1.54, 1.807) is 0 Å². The van der Waals surface area contributed by atoms with Crippen molar-refractivity contribution in [1.29, 1.82) is 0 Å². The molecule has 0 aliphatic heterocycles. The van der Waals surface area contributed by atoms with Gasteiger partial charge in [0.05, 0.1) is 5.54 Å². The van der Waals surface area contributed by atoms with Crippen molar-refractivity contribution in [2.45, 2.75) is 50.6 Å². The van der Waals surface area contributed by atoms with E-state index < -0.39 is 0 Å². The van der Waals surface area contributed by atoms with Crippen LogP contribution in [0.2, 0.25) is 0 Å². The van der Waals surface area contributed by atoms with Crippen LogP contribution in [-0.4, -0.2) is 30.1 Å². The van der Waals surface area contributed by atoms with E-state index in [2.05, 4.69) is 5.32 Å². The molecule has 0 bridgehead atoms. The first-order valence-corrected chi connectivity index (χ1v) is 7.94. The van der Waals surface area contributed by atoms with Gasteiger partial charge in [0, 0.05) is 20.1 Å². The summed E-state index contributed by atoms with van der Waals surface area (Å²) in [6.07, 6.45) is 6.85. The van der Waals surface area contributed by atoms with Gasteiger partial charge in [0.15, 0.2) is 0 Å². The Kier molecular flexibility index (Phi) is 5.62. The molecule has 3 N–H and O–H groups in total. The highest BCUT2D eigenvalue weighted by Gasteiger charge is 2.36. The number of carbonyl (C=O) groups is 1. The smallest absolute Gasteiger partial charge is 0.317 e. The lowest BCUT2D eigenvalue weighted by Gasteiger charge is -2.40. The summed E-state index contributed by atoms with van der Waals surface area (Å²) in [5.74, 6) is 0. The molecule has 116 valence electrons. The largest absolute Gasteiger partial charge is 0.334 e. The van der Waals surface area contributed by atoms with E-state index in [0.717, 1.165) is 31.2 Å². The minimum atomic E-state index is -0.169. The zero-order valence-electron chi connectivity index (χ0n) is 13.0. The zero-order valence-corrected chi connectivity index (χ0v) is 13.0. The molecule has 1 aliphatic carbocycles. The number of hydrogen-bond acceptors (Lipinski definition) is 2. The fraction of sp³-hybridized carbons (Fsp3) is 0.588. The number of benzene rings is 1. The summed E-state index contributed by atoms with van der Waals surface area (Å²) in [5, 5.41) is 3.01. The summed E-state index contributed by atoms with van der Waals surface area (Å²) in [5.41, 5.74) is 6.98. The van der Waals surface area contributed by atoms with E-state index in [4.69, 9.17) is 5.73 Å². The molecule has 21 heavy (non-hydrogen) atoms. The van der Waals surface area contributed by atoms with E-state index in [9.17, 15) is 4.79 Å². The van der Waals surface area contributed by atoms with E-state index >= 15 is 0 Å². The van der Waals surface area contributed by atoms with Crippen molar-refractivity contribution in [3.05, 3.63) is 35.9 Å². The quantitative estimate of drug-likeness (QED) is 0.837. The highest BCUT2D eigenvalue weighted by molar-refractivity contribution is 5.74. The van der Waals surface area contributed by atoms with Gasteiger partial charge in [0.25, 0.3) is 0 Å². The molecule has 0 aromatic heterocycles. The lowest BCUT2D eigenvalue weighted by atomic mass is 9.89. The third-order valence-electron chi connectivity index (χ3n) is 4.72. The highest BCUT2D eigenvalue weighted by atomic mass is 16.2. The first-order valence-electron chi connectivity index (χ1n) is 7.94. The molecule has 4 nitrogen and oxygen atoms in total. The van der Waals surface area contributed by atoms with Crippen LogP contribution in [0.25, 0.3) is 0 Å². The molecular formula is C17H27N3O. The SMILES string of the molecule is CN(C(=O)NCc1ccccc1)C1(CN)CCCCCC1. The van der Waals surface area contributed by atoms with Crippen LogP contribution in [-0.2, 0) is 6.54 Å². The van der Waals surface area contributed by atoms with Crippen molar-refractivity contribution in [1.82, 2.24) is 10.2 Å². The minimum absolute atomic E-state index is 0.0220. The maximum Gasteiger partial charge on any atom is 0.317 e. The molecule has 2 rings (SSSR count). The molecule has 0 atom stereocenters. The predicted octanol–water partition coefficient (Wildman–Crippen LogP) is 2.88. The van der Waals surface area contributed by atoms with Crippen LogP contribution in [0.4, 0.5) is 4.79 Å². The molecule has 1 saturated carbocycles. The first-order chi connectivity index (χ1) is 10.2. The van der Waals surface area contributed by atoms with Crippen LogP contribution in [0.3, 0.4) is 0 Å². The molecule has 1 aliphatic rings.